The molecule has 0 saturated carbocycles. The van der Waals surface area contributed by atoms with Crippen molar-refractivity contribution in [3.8, 4) is 16.9 Å². The van der Waals surface area contributed by atoms with Crippen LogP contribution in [0.4, 0.5) is 11.4 Å². The number of unbranched alkanes of at least 4 members (excludes halogenated alkanes) is 1. The molecule has 298 valence electrons. The first-order chi connectivity index (χ1) is 26.6. The summed E-state index contributed by atoms with van der Waals surface area (Å²) in [4.78, 5) is 21.1. The zero-order chi connectivity index (χ0) is 39.6. The minimum absolute atomic E-state index is 0.115. The summed E-state index contributed by atoms with van der Waals surface area (Å²) in [6.45, 7) is 13.3. The number of amides is 1. The number of aryl methyl sites for hydroxylation is 1. The lowest BCUT2D eigenvalue weighted by Gasteiger charge is -2.30. The van der Waals surface area contributed by atoms with Crippen molar-refractivity contribution >= 4 is 45.5 Å². The number of aromatic nitrogens is 2. The second-order valence-electron chi connectivity index (χ2n) is 13.7. The zero-order valence-electron chi connectivity index (χ0n) is 32.7. The number of anilines is 2. The van der Waals surface area contributed by atoms with Gasteiger partial charge in [-0.15, -0.1) is 0 Å². The largest absolute Gasteiger partial charge is 0.491 e. The third-order valence-electron chi connectivity index (χ3n) is 8.84. The Morgan fingerprint density at radius 3 is 2.36 bits per heavy atom. The molecular weight excluding hydrogens is 737 g/mol. The number of hydrogen-bond acceptors (Lipinski definition) is 8. The van der Waals surface area contributed by atoms with Crippen molar-refractivity contribution in [3.05, 3.63) is 96.1 Å². The highest BCUT2D eigenvalue weighted by molar-refractivity contribution is 7.84. The molecule has 5 rings (SSSR count). The minimum atomic E-state index is -2.07. The first-order valence-electron chi connectivity index (χ1n) is 19.0. The lowest BCUT2D eigenvalue weighted by Crippen LogP contribution is -2.30. The molecule has 1 aliphatic rings. The van der Waals surface area contributed by atoms with E-state index in [1.165, 1.54) is 0 Å². The molecule has 1 amide bonds. The van der Waals surface area contributed by atoms with Gasteiger partial charge in [0.05, 0.1) is 42.3 Å². The van der Waals surface area contributed by atoms with Gasteiger partial charge >= 0.3 is 11.4 Å². The lowest BCUT2D eigenvalue weighted by atomic mass is 9.96. The number of hydrogen-bond donors (Lipinski definition) is 2. The van der Waals surface area contributed by atoms with Gasteiger partial charge in [0.15, 0.2) is 0 Å². The van der Waals surface area contributed by atoms with Gasteiger partial charge < -0.3 is 24.3 Å². The number of nitrogens with one attached hydrogen (secondary N) is 1. The number of carbonyl (C=O) groups is 1. The maximum Gasteiger partial charge on any atom is 0.301 e. The Hall–Kier alpha value is -4.14. The molecule has 2 heterocycles. The average molecular weight is 793 g/mol. The first kappa shape index (κ1) is 43.6. The SMILES string of the molecule is CCCCOCCOc1ccc(-c2ccc3c(c2)C=C(C(=O)Nc2ccc(S(=O)Cc4cncn4CCC)cc2)CCCN3CC(C)C)cc1.COS(=O)O. The number of ether oxygens (including phenoxy) is 2. The molecule has 2 atom stereocenters. The van der Waals surface area contributed by atoms with E-state index >= 15 is 0 Å². The molecular formula is C42H56N4O7S2. The Balaban J connectivity index is 0.00000126. The standard InChI is InChI=1S/C41H52N4O4S.CH4O3S/c1-5-7-22-48-23-24-49-38-15-10-32(11-16-38)33-12-19-40-35(25-33)26-34(9-8-21-44(40)28-31(3)4)41(46)43-36-13-17-39(18-14-36)50(47)29-37-27-42-30-45(37)20-6-2;1-4-5(2)3/h10-19,25-27,30-31H,5-9,20-24,28-29H2,1-4H3,(H,43,46);1H3,(H,2,3). The molecule has 4 aromatic rings. The summed E-state index contributed by atoms with van der Waals surface area (Å²) >= 11 is -2.07. The van der Waals surface area contributed by atoms with Gasteiger partial charge in [-0.2, -0.15) is 4.21 Å². The van der Waals surface area contributed by atoms with Crippen LogP contribution < -0.4 is 15.0 Å². The van der Waals surface area contributed by atoms with Crippen molar-refractivity contribution in [1.82, 2.24) is 9.55 Å². The molecule has 11 nitrogen and oxygen atoms in total. The number of imidazole rings is 1. The third-order valence-corrected chi connectivity index (χ3v) is 10.5. The van der Waals surface area contributed by atoms with Gasteiger partial charge in [0, 0.05) is 54.3 Å². The quantitative estimate of drug-likeness (QED) is 0.0752. The van der Waals surface area contributed by atoms with Gasteiger partial charge in [-0.05, 0) is 103 Å². The first-order valence-corrected chi connectivity index (χ1v) is 21.3. The van der Waals surface area contributed by atoms with E-state index in [0.29, 0.717) is 37.0 Å². The Kier molecular flexibility index (Phi) is 18.3. The van der Waals surface area contributed by atoms with Crippen LogP contribution in [0.2, 0.25) is 0 Å². The van der Waals surface area contributed by atoms with E-state index in [-0.39, 0.29) is 5.91 Å². The van der Waals surface area contributed by atoms with Crippen molar-refractivity contribution in [2.24, 2.45) is 5.92 Å². The predicted octanol–water partition coefficient (Wildman–Crippen LogP) is 8.51. The van der Waals surface area contributed by atoms with Crippen LogP contribution in [0.5, 0.6) is 5.75 Å². The summed E-state index contributed by atoms with van der Waals surface area (Å²) in [5, 5.41) is 3.10. The Bertz CT molecular complexity index is 1860. The van der Waals surface area contributed by atoms with Gasteiger partial charge in [-0.25, -0.2) is 4.98 Å². The molecule has 0 aliphatic carbocycles. The van der Waals surface area contributed by atoms with Crippen molar-refractivity contribution in [2.75, 3.05) is 50.2 Å². The highest BCUT2D eigenvalue weighted by Crippen LogP contribution is 2.33. The summed E-state index contributed by atoms with van der Waals surface area (Å²) in [6.07, 6.45) is 10.4. The van der Waals surface area contributed by atoms with Crippen LogP contribution in [-0.4, -0.2) is 68.4 Å². The number of carbonyl (C=O) groups excluding carboxylic acids is 1. The second kappa shape index (κ2) is 23.1. The Morgan fingerprint density at radius 1 is 0.964 bits per heavy atom. The predicted molar refractivity (Wildman–Crippen MR) is 223 cm³/mol. The number of fused-ring (bicyclic) bond motifs is 1. The lowest BCUT2D eigenvalue weighted by molar-refractivity contribution is -0.112. The van der Waals surface area contributed by atoms with Crippen LogP contribution in [0.3, 0.4) is 0 Å². The third kappa shape index (κ3) is 14.1. The molecule has 3 aromatic carbocycles. The van der Waals surface area contributed by atoms with Gasteiger partial charge in [0.1, 0.15) is 12.4 Å². The fourth-order valence-electron chi connectivity index (χ4n) is 6.13. The molecule has 0 radical (unpaired) electrons. The zero-order valence-corrected chi connectivity index (χ0v) is 34.3. The molecule has 1 aliphatic heterocycles. The van der Waals surface area contributed by atoms with E-state index in [2.05, 4.69) is 88.1 Å². The van der Waals surface area contributed by atoms with Crippen molar-refractivity contribution < 1.29 is 31.4 Å². The van der Waals surface area contributed by atoms with Crippen LogP contribution in [0.15, 0.2) is 89.7 Å². The van der Waals surface area contributed by atoms with Crippen molar-refractivity contribution in [2.45, 2.75) is 77.0 Å². The van der Waals surface area contributed by atoms with E-state index in [0.717, 1.165) is 103 Å². The molecule has 1 aromatic heterocycles. The van der Waals surface area contributed by atoms with E-state index in [1.807, 2.05) is 36.4 Å². The van der Waals surface area contributed by atoms with Crippen LogP contribution in [0, 0.1) is 5.92 Å². The molecule has 0 saturated heterocycles. The number of nitrogens with zero attached hydrogens (tertiary/aromatic N) is 3. The van der Waals surface area contributed by atoms with Crippen LogP contribution in [-0.2, 0) is 48.2 Å². The smallest absolute Gasteiger partial charge is 0.301 e. The molecule has 13 heteroatoms. The molecule has 55 heavy (non-hydrogen) atoms. The topological polar surface area (TPSA) is 132 Å². The average Bonchev–Trinajstić information content (AvgIpc) is 3.61. The number of benzene rings is 3. The van der Waals surface area contributed by atoms with Crippen LogP contribution >= 0.6 is 0 Å². The highest BCUT2D eigenvalue weighted by Gasteiger charge is 2.20. The summed E-state index contributed by atoms with van der Waals surface area (Å²) in [7, 11) is -0.0648. The van der Waals surface area contributed by atoms with Crippen molar-refractivity contribution in [3.63, 3.8) is 0 Å². The van der Waals surface area contributed by atoms with Crippen molar-refractivity contribution in [1.29, 1.82) is 0 Å². The maximum absolute atomic E-state index is 13.7. The monoisotopic (exact) mass is 792 g/mol. The summed E-state index contributed by atoms with van der Waals surface area (Å²) in [5.74, 6) is 1.62. The Labute approximate surface area is 331 Å². The maximum atomic E-state index is 13.7. The van der Waals surface area contributed by atoms with E-state index < -0.39 is 22.2 Å². The normalized spacial score (nSPS) is 13.8. The fourth-order valence-corrected chi connectivity index (χ4v) is 7.24. The Morgan fingerprint density at radius 2 is 1.69 bits per heavy atom. The minimum Gasteiger partial charge on any atom is -0.491 e. The summed E-state index contributed by atoms with van der Waals surface area (Å²) < 4.78 is 47.3. The van der Waals surface area contributed by atoms with E-state index in [1.54, 1.807) is 12.5 Å². The van der Waals surface area contributed by atoms with Gasteiger partial charge in [-0.1, -0.05) is 52.3 Å². The molecule has 2 N–H and O–H groups in total. The van der Waals surface area contributed by atoms with Crippen LogP contribution in [0.1, 0.15) is 71.1 Å². The molecule has 0 fully saturated rings. The van der Waals surface area contributed by atoms with Gasteiger partial charge in [-0.3, -0.25) is 17.7 Å². The molecule has 0 spiro atoms. The highest BCUT2D eigenvalue weighted by atomic mass is 32.2. The summed E-state index contributed by atoms with van der Waals surface area (Å²) in [6, 6.07) is 22.1. The molecule has 0 bridgehead atoms. The van der Waals surface area contributed by atoms with Gasteiger partial charge in [0.2, 0.25) is 0 Å². The van der Waals surface area contributed by atoms with E-state index in [9.17, 15) is 13.2 Å². The summed E-state index contributed by atoms with van der Waals surface area (Å²) in [5.41, 5.74) is 6.73. The number of rotatable bonds is 18. The fraction of sp³-hybridized carbons (Fsp3) is 0.429. The van der Waals surface area contributed by atoms with Crippen LogP contribution in [0.25, 0.3) is 17.2 Å². The van der Waals surface area contributed by atoms with E-state index in [4.69, 9.17) is 14.0 Å². The molecule has 2 unspecified atom stereocenters. The van der Waals surface area contributed by atoms with Gasteiger partial charge in [0.25, 0.3) is 5.91 Å². The second-order valence-corrected chi connectivity index (χ2v) is 15.9.